The first-order valence-electron chi connectivity index (χ1n) is 7.66. The molecule has 3 N–H and O–H groups in total. The third kappa shape index (κ3) is 6.63. The molecule has 0 radical (unpaired) electrons. The Labute approximate surface area is 133 Å². The molecule has 0 aromatic carbocycles. The van der Waals surface area contributed by atoms with Gasteiger partial charge in [0.2, 0.25) is 0 Å². The number of carbonyl (C=O) groups excluding carboxylic acids is 1. The number of nitrogens with one attached hydrogen (secondary N) is 1. The van der Waals surface area contributed by atoms with Crippen LogP contribution in [0.15, 0.2) is 0 Å². The standard InChI is InChI=1S/C16H30N2O4/c1-9(2)11(8-17)13(19)14(20)12(10(3)4)18-15(21)22-16(5,6)7/h9-14,19-20H,1-7H3,(H,18,21)/t11-,12-,13-,14-/m0/s1. The van der Waals surface area contributed by atoms with Gasteiger partial charge in [0.15, 0.2) is 0 Å². The monoisotopic (exact) mass is 314 g/mol. The molecule has 128 valence electrons. The summed E-state index contributed by atoms with van der Waals surface area (Å²) in [4.78, 5) is 11.9. The first-order valence-corrected chi connectivity index (χ1v) is 7.66. The van der Waals surface area contributed by atoms with Crippen molar-refractivity contribution in [3.8, 4) is 6.07 Å². The molecule has 0 saturated heterocycles. The summed E-state index contributed by atoms with van der Waals surface area (Å²) >= 11 is 0. The summed E-state index contributed by atoms with van der Waals surface area (Å²) in [7, 11) is 0. The summed E-state index contributed by atoms with van der Waals surface area (Å²) in [5, 5.41) is 32.4. The van der Waals surface area contributed by atoms with Crippen LogP contribution in [-0.2, 0) is 4.74 Å². The maximum atomic E-state index is 11.9. The summed E-state index contributed by atoms with van der Waals surface area (Å²) in [6.07, 6.45) is -3.15. The molecule has 0 aliphatic carbocycles. The highest BCUT2D eigenvalue weighted by Gasteiger charge is 2.36. The molecule has 0 aliphatic heterocycles. The number of hydrogen-bond acceptors (Lipinski definition) is 5. The smallest absolute Gasteiger partial charge is 0.407 e. The van der Waals surface area contributed by atoms with Gasteiger partial charge < -0.3 is 20.3 Å². The van der Waals surface area contributed by atoms with E-state index < -0.39 is 35.9 Å². The zero-order valence-corrected chi connectivity index (χ0v) is 14.6. The summed E-state index contributed by atoms with van der Waals surface area (Å²) in [6.45, 7) is 12.5. The molecular weight excluding hydrogens is 284 g/mol. The number of hydrogen-bond donors (Lipinski definition) is 3. The first-order chi connectivity index (χ1) is 9.90. The van der Waals surface area contributed by atoms with E-state index in [-0.39, 0.29) is 11.8 Å². The second kappa shape index (κ2) is 8.35. The van der Waals surface area contributed by atoms with Crippen LogP contribution in [0.4, 0.5) is 4.79 Å². The third-order valence-corrected chi connectivity index (χ3v) is 3.35. The van der Waals surface area contributed by atoms with Crippen molar-refractivity contribution in [1.82, 2.24) is 5.32 Å². The van der Waals surface area contributed by atoms with Gasteiger partial charge in [0.05, 0.1) is 24.1 Å². The Balaban J connectivity index is 5.02. The summed E-state index contributed by atoms with van der Waals surface area (Å²) in [5.74, 6) is -0.954. The van der Waals surface area contributed by atoms with Crippen molar-refractivity contribution in [2.45, 2.75) is 72.3 Å². The minimum atomic E-state index is -1.25. The van der Waals surface area contributed by atoms with E-state index in [1.165, 1.54) is 0 Å². The second-order valence-electron chi connectivity index (χ2n) is 7.30. The highest BCUT2D eigenvalue weighted by atomic mass is 16.6. The van der Waals surface area contributed by atoms with Crippen LogP contribution in [0, 0.1) is 29.1 Å². The van der Waals surface area contributed by atoms with Crippen LogP contribution >= 0.6 is 0 Å². The van der Waals surface area contributed by atoms with Crippen LogP contribution in [0.3, 0.4) is 0 Å². The van der Waals surface area contributed by atoms with E-state index in [1.807, 2.05) is 19.9 Å². The van der Waals surface area contributed by atoms with Crippen LogP contribution < -0.4 is 5.32 Å². The van der Waals surface area contributed by atoms with Gasteiger partial charge in [-0.2, -0.15) is 5.26 Å². The zero-order chi connectivity index (χ0) is 17.7. The normalized spacial score (nSPS) is 17.5. The Bertz CT molecular complexity index is 396. The van der Waals surface area contributed by atoms with Crippen LogP contribution in [0.2, 0.25) is 0 Å². The van der Waals surface area contributed by atoms with E-state index in [2.05, 4.69) is 5.32 Å². The number of amides is 1. The van der Waals surface area contributed by atoms with Crippen molar-refractivity contribution in [3.63, 3.8) is 0 Å². The molecule has 0 saturated carbocycles. The number of alkyl carbamates (subject to hydrolysis) is 1. The highest BCUT2D eigenvalue weighted by Crippen LogP contribution is 2.21. The maximum absolute atomic E-state index is 11.9. The minimum absolute atomic E-state index is 0.107. The van der Waals surface area contributed by atoms with Crippen molar-refractivity contribution in [1.29, 1.82) is 5.26 Å². The molecule has 0 bridgehead atoms. The number of nitriles is 1. The number of rotatable bonds is 6. The third-order valence-electron chi connectivity index (χ3n) is 3.35. The first kappa shape index (κ1) is 20.7. The molecule has 0 aromatic heterocycles. The second-order valence-corrected chi connectivity index (χ2v) is 7.30. The van der Waals surface area contributed by atoms with Crippen molar-refractivity contribution in [3.05, 3.63) is 0 Å². The van der Waals surface area contributed by atoms with Gasteiger partial charge in [-0.3, -0.25) is 0 Å². The molecule has 0 aliphatic rings. The quantitative estimate of drug-likeness (QED) is 0.696. The average molecular weight is 314 g/mol. The van der Waals surface area contributed by atoms with Gasteiger partial charge in [0.1, 0.15) is 11.7 Å². The summed E-state index contributed by atoms with van der Waals surface area (Å²) < 4.78 is 5.17. The average Bonchev–Trinajstić information content (AvgIpc) is 2.32. The van der Waals surface area contributed by atoms with Gasteiger partial charge in [-0.05, 0) is 32.6 Å². The predicted octanol–water partition coefficient (Wildman–Crippen LogP) is 2.05. The van der Waals surface area contributed by atoms with Crippen molar-refractivity contribution < 1.29 is 19.7 Å². The zero-order valence-electron chi connectivity index (χ0n) is 14.6. The Morgan fingerprint density at radius 1 is 1.09 bits per heavy atom. The van der Waals surface area contributed by atoms with E-state index in [9.17, 15) is 15.0 Å². The number of aliphatic hydroxyl groups is 2. The number of aliphatic hydroxyl groups excluding tert-OH is 2. The van der Waals surface area contributed by atoms with Gasteiger partial charge >= 0.3 is 6.09 Å². The molecule has 1 amide bonds. The molecule has 0 fully saturated rings. The highest BCUT2D eigenvalue weighted by molar-refractivity contribution is 5.68. The lowest BCUT2D eigenvalue weighted by Crippen LogP contribution is -2.54. The number of carbonyl (C=O) groups is 1. The number of ether oxygens (including phenoxy) is 1. The Hall–Kier alpha value is -1.32. The molecule has 6 nitrogen and oxygen atoms in total. The van der Waals surface area contributed by atoms with E-state index in [0.29, 0.717) is 0 Å². The fraction of sp³-hybridized carbons (Fsp3) is 0.875. The number of nitrogens with zero attached hydrogens (tertiary/aromatic N) is 1. The van der Waals surface area contributed by atoms with Crippen LogP contribution in [0.1, 0.15) is 48.5 Å². The molecule has 6 heteroatoms. The van der Waals surface area contributed by atoms with Crippen LogP contribution in [0.25, 0.3) is 0 Å². The Morgan fingerprint density at radius 3 is 1.91 bits per heavy atom. The molecule has 0 aromatic rings. The van der Waals surface area contributed by atoms with Crippen molar-refractivity contribution >= 4 is 6.09 Å². The fourth-order valence-electron chi connectivity index (χ4n) is 2.13. The van der Waals surface area contributed by atoms with Gasteiger partial charge in [-0.25, -0.2) is 4.79 Å². The van der Waals surface area contributed by atoms with Gasteiger partial charge in [0, 0.05) is 0 Å². The van der Waals surface area contributed by atoms with E-state index in [0.717, 1.165) is 0 Å². The van der Waals surface area contributed by atoms with Gasteiger partial charge in [0.25, 0.3) is 0 Å². The molecule has 22 heavy (non-hydrogen) atoms. The maximum Gasteiger partial charge on any atom is 0.407 e. The van der Waals surface area contributed by atoms with Gasteiger partial charge in [-0.1, -0.05) is 27.7 Å². The van der Waals surface area contributed by atoms with Gasteiger partial charge in [-0.15, -0.1) is 0 Å². The topological polar surface area (TPSA) is 103 Å². The van der Waals surface area contributed by atoms with E-state index in [1.54, 1.807) is 34.6 Å². The van der Waals surface area contributed by atoms with Crippen molar-refractivity contribution in [2.24, 2.45) is 17.8 Å². The lowest BCUT2D eigenvalue weighted by Gasteiger charge is -2.33. The van der Waals surface area contributed by atoms with Crippen LogP contribution in [0.5, 0.6) is 0 Å². The molecule has 0 spiro atoms. The summed E-state index contributed by atoms with van der Waals surface area (Å²) in [6, 6.07) is 1.30. The lowest BCUT2D eigenvalue weighted by molar-refractivity contribution is -0.0430. The van der Waals surface area contributed by atoms with Crippen LogP contribution in [-0.4, -0.2) is 40.2 Å². The molecular formula is C16H30N2O4. The Morgan fingerprint density at radius 2 is 1.59 bits per heavy atom. The molecule has 0 unspecified atom stereocenters. The fourth-order valence-corrected chi connectivity index (χ4v) is 2.13. The van der Waals surface area contributed by atoms with E-state index in [4.69, 9.17) is 10.00 Å². The largest absolute Gasteiger partial charge is 0.444 e. The van der Waals surface area contributed by atoms with E-state index >= 15 is 0 Å². The molecule has 0 rings (SSSR count). The van der Waals surface area contributed by atoms with Crippen molar-refractivity contribution in [2.75, 3.05) is 0 Å². The lowest BCUT2D eigenvalue weighted by atomic mass is 9.84. The molecule has 4 atom stereocenters. The minimum Gasteiger partial charge on any atom is -0.444 e. The Kier molecular flexibility index (Phi) is 7.85. The summed E-state index contributed by atoms with van der Waals surface area (Å²) in [5.41, 5.74) is -0.650. The predicted molar refractivity (Wildman–Crippen MR) is 84.0 cm³/mol. The molecule has 0 heterocycles. The SMILES string of the molecule is CC(C)[C@H](C#N)[C@H](O)[C@@H](O)[C@@H](NC(=O)OC(C)(C)C)C(C)C.